The third kappa shape index (κ3) is 4.66. The standard InChI is InChI=1S/C27H11BrCl3NO4S2/c28-13-5-8-18(35-27(34)24-22(31)16-7-6-14(29)11-20(16)38-24)12(9-13)10-17-26(33)36-25(32-17)23-21(30)15-3-1-2-4-19(15)37-23/h1-11H/b17-10+. The van der Waals surface area contributed by atoms with E-state index in [1.807, 2.05) is 24.3 Å². The first-order valence-electron chi connectivity index (χ1n) is 10.9. The molecule has 11 heteroatoms. The number of esters is 2. The number of benzene rings is 3. The van der Waals surface area contributed by atoms with E-state index in [0.29, 0.717) is 30.3 Å². The fourth-order valence-electron chi connectivity index (χ4n) is 3.85. The number of aliphatic imine (C=N–C) groups is 1. The number of hydrogen-bond donors (Lipinski definition) is 0. The first-order chi connectivity index (χ1) is 18.3. The fraction of sp³-hybridized carbons (Fsp3) is 0. The SMILES string of the molecule is O=C1OC(c2sc3ccccc3c2Cl)=N/C1=C/c1cc(Br)ccc1OC(=O)c1sc2cc(Cl)ccc2c1Cl. The number of hydrogen-bond acceptors (Lipinski definition) is 7. The molecule has 3 heterocycles. The van der Waals surface area contributed by atoms with Gasteiger partial charge in [0, 0.05) is 35.2 Å². The minimum atomic E-state index is -0.643. The highest BCUT2D eigenvalue weighted by Gasteiger charge is 2.28. The van der Waals surface area contributed by atoms with Crippen molar-refractivity contribution < 1.29 is 19.1 Å². The summed E-state index contributed by atoms with van der Waals surface area (Å²) in [7, 11) is 0. The molecule has 1 aliphatic heterocycles. The first kappa shape index (κ1) is 25.6. The topological polar surface area (TPSA) is 65.0 Å². The molecular formula is C27H11BrCl3NO4S2. The molecule has 0 saturated heterocycles. The second-order valence-electron chi connectivity index (χ2n) is 8.03. The first-order valence-corrected chi connectivity index (χ1v) is 14.4. The average molecular weight is 664 g/mol. The quantitative estimate of drug-likeness (QED) is 0.109. The van der Waals surface area contributed by atoms with E-state index in [2.05, 4.69) is 20.9 Å². The zero-order chi connectivity index (χ0) is 26.6. The van der Waals surface area contributed by atoms with Crippen molar-refractivity contribution in [1.82, 2.24) is 0 Å². The van der Waals surface area contributed by atoms with Crippen LogP contribution in [0.3, 0.4) is 0 Å². The Morgan fingerprint density at radius 1 is 0.947 bits per heavy atom. The molecule has 0 fully saturated rings. The zero-order valence-electron chi connectivity index (χ0n) is 18.8. The van der Waals surface area contributed by atoms with E-state index < -0.39 is 11.9 Å². The Hall–Kier alpha value is -2.72. The van der Waals surface area contributed by atoms with Gasteiger partial charge in [-0.3, -0.25) is 0 Å². The van der Waals surface area contributed by atoms with Crippen LogP contribution in [0.2, 0.25) is 15.1 Å². The predicted octanol–water partition coefficient (Wildman–Crippen LogP) is 9.40. The van der Waals surface area contributed by atoms with E-state index in [9.17, 15) is 9.59 Å². The fourth-order valence-corrected chi connectivity index (χ4v) is 7.32. The molecule has 0 radical (unpaired) electrons. The van der Waals surface area contributed by atoms with Gasteiger partial charge in [0.05, 0.1) is 10.0 Å². The minimum absolute atomic E-state index is 0.0402. The van der Waals surface area contributed by atoms with E-state index >= 15 is 0 Å². The largest absolute Gasteiger partial charge is 0.422 e. The van der Waals surface area contributed by atoms with E-state index in [4.69, 9.17) is 44.3 Å². The van der Waals surface area contributed by atoms with Crippen LogP contribution in [-0.4, -0.2) is 17.8 Å². The summed E-state index contributed by atoms with van der Waals surface area (Å²) in [6.07, 6.45) is 1.50. The molecule has 5 nitrogen and oxygen atoms in total. The maximum atomic E-state index is 13.1. The highest BCUT2D eigenvalue weighted by atomic mass is 79.9. The van der Waals surface area contributed by atoms with Gasteiger partial charge in [-0.1, -0.05) is 75.0 Å². The molecule has 0 aliphatic carbocycles. The number of ether oxygens (including phenoxy) is 2. The van der Waals surface area contributed by atoms with Gasteiger partial charge in [-0.05, 0) is 42.5 Å². The molecule has 3 aromatic carbocycles. The van der Waals surface area contributed by atoms with Crippen molar-refractivity contribution in [3.05, 3.63) is 101 Å². The highest BCUT2D eigenvalue weighted by Crippen LogP contribution is 2.39. The molecule has 2 aromatic heterocycles. The summed E-state index contributed by atoms with van der Waals surface area (Å²) in [6, 6.07) is 17.9. The van der Waals surface area contributed by atoms with Gasteiger partial charge in [-0.25, -0.2) is 14.6 Å². The second kappa shape index (κ2) is 10.1. The Balaban J connectivity index is 1.35. The molecule has 0 saturated carbocycles. The molecule has 0 unspecified atom stereocenters. The number of nitrogens with zero attached hydrogens (tertiary/aromatic N) is 1. The number of carbonyl (C=O) groups is 2. The van der Waals surface area contributed by atoms with Crippen molar-refractivity contribution in [2.45, 2.75) is 0 Å². The van der Waals surface area contributed by atoms with Crippen molar-refractivity contribution in [2.24, 2.45) is 4.99 Å². The monoisotopic (exact) mass is 661 g/mol. The summed E-state index contributed by atoms with van der Waals surface area (Å²) in [5.41, 5.74) is 0.478. The number of fused-ring (bicyclic) bond motifs is 2. The molecule has 0 atom stereocenters. The number of cyclic esters (lactones) is 1. The van der Waals surface area contributed by atoms with Crippen LogP contribution in [0.15, 0.2) is 75.8 Å². The Morgan fingerprint density at radius 3 is 2.55 bits per heavy atom. The van der Waals surface area contributed by atoms with E-state index in [0.717, 1.165) is 14.8 Å². The second-order valence-corrected chi connectivity index (χ2v) is 12.2. The minimum Gasteiger partial charge on any atom is -0.422 e. The molecule has 0 bridgehead atoms. The molecule has 38 heavy (non-hydrogen) atoms. The summed E-state index contributed by atoms with van der Waals surface area (Å²) in [5.74, 6) is -0.940. The number of thiophene rings is 2. The number of carbonyl (C=O) groups excluding carboxylic acids is 2. The van der Waals surface area contributed by atoms with Gasteiger partial charge in [-0.2, -0.15) is 0 Å². The van der Waals surface area contributed by atoms with Crippen LogP contribution < -0.4 is 4.74 Å². The molecule has 6 rings (SSSR count). The summed E-state index contributed by atoms with van der Waals surface area (Å²) in [4.78, 5) is 31.0. The lowest BCUT2D eigenvalue weighted by molar-refractivity contribution is -0.129. The summed E-state index contributed by atoms with van der Waals surface area (Å²) >= 11 is 25.1. The van der Waals surface area contributed by atoms with Gasteiger partial charge in [0.1, 0.15) is 15.5 Å². The summed E-state index contributed by atoms with van der Waals surface area (Å²) < 4.78 is 13.6. The van der Waals surface area contributed by atoms with Crippen LogP contribution in [0.5, 0.6) is 5.75 Å². The third-order valence-electron chi connectivity index (χ3n) is 5.59. The van der Waals surface area contributed by atoms with Crippen molar-refractivity contribution in [3.8, 4) is 5.75 Å². The lowest BCUT2D eigenvalue weighted by Gasteiger charge is -2.08. The molecule has 5 aromatic rings. The average Bonchev–Trinajstić information content (AvgIpc) is 3.54. The molecule has 188 valence electrons. The van der Waals surface area contributed by atoms with Crippen molar-refractivity contribution in [2.75, 3.05) is 0 Å². The Kier molecular flexibility index (Phi) is 6.80. The van der Waals surface area contributed by atoms with Gasteiger partial charge in [0.2, 0.25) is 5.90 Å². The lowest BCUT2D eigenvalue weighted by atomic mass is 10.1. The summed E-state index contributed by atoms with van der Waals surface area (Å²) in [5, 5.41) is 2.86. The summed E-state index contributed by atoms with van der Waals surface area (Å²) in [6.45, 7) is 0. The smallest absolute Gasteiger partial charge is 0.363 e. The zero-order valence-corrected chi connectivity index (χ0v) is 24.2. The van der Waals surface area contributed by atoms with Crippen LogP contribution in [0.4, 0.5) is 0 Å². The third-order valence-corrected chi connectivity index (χ3v) is 9.62. The Labute approximate surface area is 247 Å². The molecule has 0 N–H and O–H groups in total. The molecular weight excluding hydrogens is 653 g/mol. The van der Waals surface area contributed by atoms with Crippen LogP contribution in [0.25, 0.3) is 26.2 Å². The van der Waals surface area contributed by atoms with Gasteiger partial charge < -0.3 is 9.47 Å². The van der Waals surface area contributed by atoms with Crippen LogP contribution in [-0.2, 0) is 9.53 Å². The maximum absolute atomic E-state index is 13.1. The van der Waals surface area contributed by atoms with E-state index in [1.54, 1.807) is 36.4 Å². The molecule has 0 spiro atoms. The van der Waals surface area contributed by atoms with Crippen LogP contribution >= 0.6 is 73.4 Å². The highest BCUT2D eigenvalue weighted by molar-refractivity contribution is 9.10. The maximum Gasteiger partial charge on any atom is 0.363 e. The normalized spacial score (nSPS) is 14.4. The van der Waals surface area contributed by atoms with E-state index in [1.165, 1.54) is 28.7 Å². The van der Waals surface area contributed by atoms with Gasteiger partial charge in [0.15, 0.2) is 5.70 Å². The van der Waals surface area contributed by atoms with Crippen LogP contribution in [0, 0.1) is 0 Å². The lowest BCUT2D eigenvalue weighted by Crippen LogP contribution is -2.08. The van der Waals surface area contributed by atoms with Gasteiger partial charge in [0.25, 0.3) is 0 Å². The molecule has 0 amide bonds. The van der Waals surface area contributed by atoms with E-state index in [-0.39, 0.29) is 27.2 Å². The number of halogens is 4. The predicted molar refractivity (Wildman–Crippen MR) is 158 cm³/mol. The van der Waals surface area contributed by atoms with Crippen molar-refractivity contribution in [1.29, 1.82) is 0 Å². The van der Waals surface area contributed by atoms with Gasteiger partial charge >= 0.3 is 11.9 Å². The van der Waals surface area contributed by atoms with Crippen molar-refractivity contribution >= 4 is 117 Å². The Bertz CT molecular complexity index is 1880. The Morgan fingerprint density at radius 2 is 1.74 bits per heavy atom. The molecule has 1 aliphatic rings. The van der Waals surface area contributed by atoms with Gasteiger partial charge in [-0.15, -0.1) is 22.7 Å². The van der Waals surface area contributed by atoms with Crippen LogP contribution in [0.1, 0.15) is 20.1 Å². The van der Waals surface area contributed by atoms with Crippen molar-refractivity contribution in [3.63, 3.8) is 0 Å². The number of rotatable bonds is 4.